The minimum Gasteiger partial charge on any atom is -0.390 e. The number of fused-ring (bicyclic) bond motifs is 1. The maximum absolute atomic E-state index is 13.2. The minimum absolute atomic E-state index is 0.0941. The fraction of sp³-hybridized carbons (Fsp3) is 0.320. The first-order valence-corrected chi connectivity index (χ1v) is 11.1. The van der Waals surface area contributed by atoms with E-state index in [4.69, 9.17) is 5.73 Å². The molecule has 3 heterocycles. The monoisotopic (exact) mass is 483 g/mol. The van der Waals surface area contributed by atoms with E-state index in [1.54, 1.807) is 43.1 Å². The number of nitrogens with two attached hydrogens (primary N) is 1. The van der Waals surface area contributed by atoms with Gasteiger partial charge in [0.2, 0.25) is 0 Å². The van der Waals surface area contributed by atoms with Gasteiger partial charge >= 0.3 is 6.18 Å². The van der Waals surface area contributed by atoms with Crippen LogP contribution in [0.15, 0.2) is 59.9 Å². The standard InChI is InChI=1S/C25H24F3N5O2/c1-23(35)11-24(29,12-23)17-7-5-15(6-8-17)20-18(16-4-3-9-30-10-16)19-21(32(20)2)31-14-33(22(19)34)13-25(26,27)28/h3-10,14,35H,11-13,29H2,1-2H3. The van der Waals surface area contributed by atoms with Crippen molar-refractivity contribution in [2.75, 3.05) is 0 Å². The number of hydrogen-bond acceptors (Lipinski definition) is 5. The van der Waals surface area contributed by atoms with Gasteiger partial charge in [-0.2, -0.15) is 13.2 Å². The van der Waals surface area contributed by atoms with Crippen LogP contribution in [0.4, 0.5) is 13.2 Å². The van der Waals surface area contributed by atoms with E-state index < -0.39 is 29.4 Å². The van der Waals surface area contributed by atoms with Gasteiger partial charge in [0, 0.05) is 36.1 Å². The third-order valence-corrected chi connectivity index (χ3v) is 6.58. The van der Waals surface area contributed by atoms with Crippen LogP contribution in [0.25, 0.3) is 33.4 Å². The van der Waals surface area contributed by atoms with Crippen LogP contribution in [0.5, 0.6) is 0 Å². The molecule has 1 fully saturated rings. The van der Waals surface area contributed by atoms with Crippen LogP contribution in [0.1, 0.15) is 25.3 Å². The second-order valence-corrected chi connectivity index (χ2v) is 9.60. The van der Waals surface area contributed by atoms with E-state index in [-0.39, 0.29) is 11.0 Å². The van der Waals surface area contributed by atoms with Gasteiger partial charge in [0.05, 0.1) is 16.7 Å². The van der Waals surface area contributed by atoms with Crippen LogP contribution in [0.3, 0.4) is 0 Å². The molecule has 1 aliphatic carbocycles. The largest absolute Gasteiger partial charge is 0.406 e. The molecular formula is C25H24F3N5O2. The fourth-order valence-corrected chi connectivity index (χ4v) is 5.25. The highest BCUT2D eigenvalue weighted by molar-refractivity contribution is 6.02. The molecule has 4 aromatic rings. The molecule has 0 saturated heterocycles. The lowest BCUT2D eigenvalue weighted by molar-refractivity contribution is -0.141. The number of alkyl halides is 3. The van der Waals surface area contributed by atoms with Crippen molar-refractivity contribution < 1.29 is 18.3 Å². The lowest BCUT2D eigenvalue weighted by Gasteiger charge is -2.49. The Labute approximate surface area is 198 Å². The van der Waals surface area contributed by atoms with Gasteiger partial charge in [0.15, 0.2) is 0 Å². The van der Waals surface area contributed by atoms with Crippen molar-refractivity contribution in [3.63, 3.8) is 0 Å². The zero-order valence-corrected chi connectivity index (χ0v) is 19.2. The van der Waals surface area contributed by atoms with E-state index >= 15 is 0 Å². The Kier molecular flexibility index (Phi) is 5.15. The van der Waals surface area contributed by atoms with Crippen molar-refractivity contribution in [3.8, 4) is 22.4 Å². The summed E-state index contributed by atoms with van der Waals surface area (Å²) in [6.07, 6.45) is 0.397. The zero-order valence-electron chi connectivity index (χ0n) is 19.2. The fourth-order valence-electron chi connectivity index (χ4n) is 5.25. The Hall–Kier alpha value is -3.50. The molecule has 7 nitrogen and oxygen atoms in total. The Balaban J connectivity index is 1.70. The van der Waals surface area contributed by atoms with Crippen LogP contribution < -0.4 is 11.3 Å². The van der Waals surface area contributed by atoms with Crippen LogP contribution in [-0.2, 0) is 19.1 Å². The van der Waals surface area contributed by atoms with E-state index in [2.05, 4.69) is 9.97 Å². The van der Waals surface area contributed by atoms with Crippen molar-refractivity contribution in [2.45, 2.75) is 43.6 Å². The van der Waals surface area contributed by atoms with Crippen molar-refractivity contribution in [1.82, 2.24) is 19.1 Å². The van der Waals surface area contributed by atoms with Gasteiger partial charge < -0.3 is 15.4 Å². The lowest BCUT2D eigenvalue weighted by atomic mass is 9.63. The number of rotatable bonds is 4. The summed E-state index contributed by atoms with van der Waals surface area (Å²) in [7, 11) is 1.72. The summed E-state index contributed by atoms with van der Waals surface area (Å²) in [5, 5.41) is 10.2. The highest BCUT2D eigenvalue weighted by atomic mass is 19.4. The molecule has 0 unspecified atom stereocenters. The van der Waals surface area contributed by atoms with E-state index in [0.29, 0.717) is 34.2 Å². The Morgan fingerprint density at radius 3 is 2.40 bits per heavy atom. The van der Waals surface area contributed by atoms with Crippen LogP contribution in [0.2, 0.25) is 0 Å². The topological polar surface area (TPSA) is 99.0 Å². The smallest absolute Gasteiger partial charge is 0.390 e. The zero-order chi connectivity index (χ0) is 25.2. The van der Waals surface area contributed by atoms with E-state index in [1.807, 2.05) is 24.3 Å². The minimum atomic E-state index is -4.56. The first-order valence-electron chi connectivity index (χ1n) is 11.1. The van der Waals surface area contributed by atoms with Gasteiger partial charge in [-0.15, -0.1) is 0 Å². The first kappa shape index (κ1) is 23.3. The van der Waals surface area contributed by atoms with Crippen LogP contribution in [-0.4, -0.2) is 36.0 Å². The summed E-state index contributed by atoms with van der Waals surface area (Å²) >= 11 is 0. The summed E-state index contributed by atoms with van der Waals surface area (Å²) in [6.45, 7) is 0.323. The maximum atomic E-state index is 13.2. The Morgan fingerprint density at radius 2 is 1.83 bits per heavy atom. The van der Waals surface area contributed by atoms with Gasteiger partial charge in [0.25, 0.3) is 5.56 Å². The van der Waals surface area contributed by atoms with Crippen LogP contribution in [0, 0.1) is 0 Å². The molecule has 0 spiro atoms. The summed E-state index contributed by atoms with van der Waals surface area (Å²) in [6, 6.07) is 10.9. The number of hydrogen-bond donors (Lipinski definition) is 2. The number of nitrogens with zero attached hydrogens (tertiary/aromatic N) is 4. The van der Waals surface area contributed by atoms with Gasteiger partial charge in [-0.05, 0) is 37.0 Å². The van der Waals surface area contributed by atoms with Gasteiger partial charge in [0.1, 0.15) is 18.5 Å². The van der Waals surface area contributed by atoms with Gasteiger partial charge in [-0.25, -0.2) is 4.98 Å². The van der Waals surface area contributed by atoms with Crippen molar-refractivity contribution in [1.29, 1.82) is 0 Å². The molecule has 1 aromatic carbocycles. The average molecular weight is 483 g/mol. The number of pyridine rings is 1. The molecular weight excluding hydrogens is 459 g/mol. The Bertz CT molecular complexity index is 1460. The number of benzene rings is 1. The molecule has 0 amide bonds. The van der Waals surface area contributed by atoms with Crippen LogP contribution >= 0.6 is 0 Å². The summed E-state index contributed by atoms with van der Waals surface area (Å²) in [5.74, 6) is 0. The highest BCUT2D eigenvalue weighted by Crippen LogP contribution is 2.47. The summed E-state index contributed by atoms with van der Waals surface area (Å²) in [4.78, 5) is 21.6. The highest BCUT2D eigenvalue weighted by Gasteiger charge is 2.49. The number of aryl methyl sites for hydroxylation is 1. The van der Waals surface area contributed by atoms with Crippen molar-refractivity contribution in [2.24, 2.45) is 12.8 Å². The molecule has 0 atom stereocenters. The Morgan fingerprint density at radius 1 is 1.14 bits per heavy atom. The van der Waals surface area contributed by atoms with Crippen molar-refractivity contribution in [3.05, 3.63) is 71.0 Å². The van der Waals surface area contributed by atoms with E-state index in [9.17, 15) is 23.1 Å². The lowest BCUT2D eigenvalue weighted by Crippen LogP contribution is -2.58. The summed E-state index contributed by atoms with van der Waals surface area (Å²) < 4.78 is 41.5. The molecule has 10 heteroatoms. The molecule has 0 aliphatic heterocycles. The third-order valence-electron chi connectivity index (χ3n) is 6.58. The van der Waals surface area contributed by atoms with E-state index in [0.717, 1.165) is 17.5 Å². The molecule has 1 saturated carbocycles. The number of aromatic nitrogens is 4. The predicted molar refractivity (Wildman–Crippen MR) is 125 cm³/mol. The normalized spacial score (nSPS) is 22.4. The van der Waals surface area contributed by atoms with Gasteiger partial charge in [-0.1, -0.05) is 30.3 Å². The molecule has 182 valence electrons. The molecule has 3 aromatic heterocycles. The van der Waals surface area contributed by atoms with Gasteiger partial charge in [-0.3, -0.25) is 14.3 Å². The maximum Gasteiger partial charge on any atom is 0.406 e. The predicted octanol–water partition coefficient (Wildman–Crippen LogP) is 3.73. The number of aliphatic hydroxyl groups is 1. The first-order chi connectivity index (χ1) is 16.4. The molecule has 0 bridgehead atoms. The molecule has 35 heavy (non-hydrogen) atoms. The second kappa shape index (κ2) is 7.76. The second-order valence-electron chi connectivity index (χ2n) is 9.60. The average Bonchev–Trinajstić information content (AvgIpc) is 3.07. The quantitative estimate of drug-likeness (QED) is 0.461. The molecule has 0 radical (unpaired) electrons. The summed E-state index contributed by atoms with van der Waals surface area (Å²) in [5.41, 5.74) is 7.84. The third kappa shape index (κ3) is 4.02. The molecule has 5 rings (SSSR count). The molecule has 3 N–H and O–H groups in total. The number of halogens is 3. The van der Waals surface area contributed by atoms with E-state index in [1.165, 1.54) is 0 Å². The van der Waals surface area contributed by atoms with Crippen molar-refractivity contribution >= 4 is 11.0 Å². The SMILES string of the molecule is Cn1c(-c2ccc(C3(N)CC(C)(O)C3)cc2)c(-c2cccnc2)c2c(=O)n(CC(F)(F)F)cnc21. The molecule has 1 aliphatic rings.